The van der Waals surface area contributed by atoms with Gasteiger partial charge in [0, 0.05) is 58.1 Å². The molecule has 0 atom stereocenters. The summed E-state index contributed by atoms with van der Waals surface area (Å²) in [5.74, 6) is 1.58. The zero-order chi connectivity index (χ0) is 22.4. The highest BCUT2D eigenvalue weighted by atomic mass is 16.5. The fraction of sp³-hybridized carbons (Fsp3) is 0.480. The number of morpholine rings is 1. The maximum absolute atomic E-state index is 5.79. The highest BCUT2D eigenvalue weighted by Crippen LogP contribution is 2.18. The van der Waals surface area contributed by atoms with Crippen molar-refractivity contribution in [1.29, 1.82) is 0 Å². The lowest BCUT2D eigenvalue weighted by Crippen LogP contribution is -2.35. The van der Waals surface area contributed by atoms with Gasteiger partial charge in [-0.15, -0.1) is 0 Å². The number of guanidine groups is 1. The van der Waals surface area contributed by atoms with Gasteiger partial charge in [0.1, 0.15) is 5.75 Å². The summed E-state index contributed by atoms with van der Waals surface area (Å²) in [6.45, 7) is 9.43. The molecule has 3 rings (SSSR count). The summed E-state index contributed by atoms with van der Waals surface area (Å²) >= 11 is 0. The first-order valence-corrected chi connectivity index (χ1v) is 11.4. The van der Waals surface area contributed by atoms with E-state index in [1.54, 1.807) is 7.11 Å². The number of nitrogens with one attached hydrogen (secondary N) is 2. The van der Waals surface area contributed by atoms with Crippen molar-refractivity contribution in [2.24, 2.45) is 4.99 Å². The summed E-state index contributed by atoms with van der Waals surface area (Å²) in [6, 6.07) is 16.7. The molecule has 2 aromatic rings. The zero-order valence-corrected chi connectivity index (χ0v) is 19.3. The highest BCUT2D eigenvalue weighted by molar-refractivity contribution is 5.93. The summed E-state index contributed by atoms with van der Waals surface area (Å²) in [5.41, 5.74) is 3.45. The van der Waals surface area contributed by atoms with Gasteiger partial charge in [0.25, 0.3) is 0 Å². The standard InChI is InChI=1S/C25H36N4O3/c1-3-26-25(28-23-6-4-7-24(18-23)32-15-5-14-30-2)27-19-21-8-10-22(11-9-21)20-29-12-16-31-17-13-29/h4,6-11,18H,3,5,12-17,19-20H2,1-2H3,(H2,26,27,28). The van der Waals surface area contributed by atoms with Crippen LogP contribution < -0.4 is 15.4 Å². The first kappa shape index (κ1) is 24.0. The maximum atomic E-state index is 5.79. The Hall–Kier alpha value is -2.61. The second-order valence-electron chi connectivity index (χ2n) is 7.75. The molecule has 1 fully saturated rings. The molecular formula is C25H36N4O3. The second kappa shape index (κ2) is 13.7. The van der Waals surface area contributed by atoms with Crippen LogP contribution in [0.1, 0.15) is 24.5 Å². The molecule has 174 valence electrons. The third kappa shape index (κ3) is 8.49. The Morgan fingerprint density at radius 1 is 1.06 bits per heavy atom. The van der Waals surface area contributed by atoms with Gasteiger partial charge in [0.15, 0.2) is 5.96 Å². The molecule has 0 bridgehead atoms. The normalized spacial score (nSPS) is 14.9. The van der Waals surface area contributed by atoms with Crippen LogP contribution in [0.15, 0.2) is 53.5 Å². The largest absolute Gasteiger partial charge is 0.493 e. The molecule has 0 aromatic heterocycles. The number of ether oxygens (including phenoxy) is 3. The number of aliphatic imine (C=N–C) groups is 1. The number of nitrogens with zero attached hydrogens (tertiary/aromatic N) is 2. The van der Waals surface area contributed by atoms with E-state index in [1.165, 1.54) is 11.1 Å². The molecule has 0 unspecified atom stereocenters. The molecule has 2 N–H and O–H groups in total. The molecule has 1 aliphatic rings. The van der Waals surface area contributed by atoms with E-state index >= 15 is 0 Å². The summed E-state index contributed by atoms with van der Waals surface area (Å²) in [5, 5.41) is 6.68. The number of hydrogen-bond donors (Lipinski definition) is 2. The topological polar surface area (TPSA) is 67.4 Å². The average Bonchev–Trinajstić information content (AvgIpc) is 2.82. The van der Waals surface area contributed by atoms with Crippen LogP contribution in [0.3, 0.4) is 0 Å². The predicted molar refractivity (Wildman–Crippen MR) is 129 cm³/mol. The minimum absolute atomic E-state index is 0.611. The van der Waals surface area contributed by atoms with E-state index in [1.807, 2.05) is 24.3 Å². The number of hydrogen-bond acceptors (Lipinski definition) is 5. The van der Waals surface area contributed by atoms with Crippen molar-refractivity contribution in [2.75, 3.05) is 58.5 Å². The van der Waals surface area contributed by atoms with Crippen LogP contribution in [0.4, 0.5) is 5.69 Å². The Bertz CT molecular complexity index is 820. The van der Waals surface area contributed by atoms with Gasteiger partial charge in [0.05, 0.1) is 26.4 Å². The minimum Gasteiger partial charge on any atom is -0.493 e. The maximum Gasteiger partial charge on any atom is 0.196 e. The Morgan fingerprint density at radius 3 is 2.59 bits per heavy atom. The van der Waals surface area contributed by atoms with Gasteiger partial charge in [-0.2, -0.15) is 0 Å². The number of methoxy groups -OCH3 is 1. The van der Waals surface area contributed by atoms with Gasteiger partial charge in [0.2, 0.25) is 0 Å². The van der Waals surface area contributed by atoms with E-state index in [0.29, 0.717) is 19.8 Å². The molecule has 1 heterocycles. The third-order valence-corrected chi connectivity index (χ3v) is 5.16. The van der Waals surface area contributed by atoms with Crippen molar-refractivity contribution in [1.82, 2.24) is 10.2 Å². The second-order valence-corrected chi connectivity index (χ2v) is 7.75. The summed E-state index contributed by atoms with van der Waals surface area (Å²) < 4.78 is 16.3. The smallest absolute Gasteiger partial charge is 0.196 e. The van der Waals surface area contributed by atoms with Crippen molar-refractivity contribution >= 4 is 11.6 Å². The van der Waals surface area contributed by atoms with Gasteiger partial charge in [-0.3, -0.25) is 4.90 Å². The molecule has 1 saturated heterocycles. The summed E-state index contributed by atoms with van der Waals surface area (Å²) in [4.78, 5) is 7.18. The molecule has 0 saturated carbocycles. The van der Waals surface area contributed by atoms with E-state index < -0.39 is 0 Å². The van der Waals surface area contributed by atoms with Crippen LogP contribution in [0.2, 0.25) is 0 Å². The van der Waals surface area contributed by atoms with Crippen molar-refractivity contribution in [3.05, 3.63) is 59.7 Å². The highest BCUT2D eigenvalue weighted by Gasteiger charge is 2.10. The Balaban J connectivity index is 1.54. The monoisotopic (exact) mass is 440 g/mol. The molecular weight excluding hydrogens is 404 g/mol. The van der Waals surface area contributed by atoms with E-state index in [0.717, 1.165) is 63.2 Å². The van der Waals surface area contributed by atoms with Gasteiger partial charge in [-0.1, -0.05) is 30.3 Å². The van der Waals surface area contributed by atoms with Crippen molar-refractivity contribution in [2.45, 2.75) is 26.4 Å². The first-order valence-electron chi connectivity index (χ1n) is 11.4. The molecule has 0 aliphatic carbocycles. The van der Waals surface area contributed by atoms with Crippen LogP contribution in [0.25, 0.3) is 0 Å². The van der Waals surface area contributed by atoms with Crippen LogP contribution in [-0.2, 0) is 22.6 Å². The predicted octanol–water partition coefficient (Wildman–Crippen LogP) is 3.51. The van der Waals surface area contributed by atoms with Crippen molar-refractivity contribution < 1.29 is 14.2 Å². The minimum atomic E-state index is 0.611. The van der Waals surface area contributed by atoms with Gasteiger partial charge < -0.3 is 24.8 Å². The SMILES string of the molecule is CCNC(=NCc1ccc(CN2CCOCC2)cc1)Nc1cccc(OCCCOC)c1. The van der Waals surface area contributed by atoms with Gasteiger partial charge >= 0.3 is 0 Å². The number of anilines is 1. The van der Waals surface area contributed by atoms with Crippen molar-refractivity contribution in [3.8, 4) is 5.75 Å². The lowest BCUT2D eigenvalue weighted by molar-refractivity contribution is 0.0342. The molecule has 0 amide bonds. The average molecular weight is 441 g/mol. The summed E-state index contributed by atoms with van der Waals surface area (Å²) in [7, 11) is 1.70. The van der Waals surface area contributed by atoms with E-state index in [-0.39, 0.29) is 0 Å². The molecule has 7 nitrogen and oxygen atoms in total. The van der Waals surface area contributed by atoms with Crippen molar-refractivity contribution in [3.63, 3.8) is 0 Å². The Kier molecular flexibility index (Phi) is 10.3. The lowest BCUT2D eigenvalue weighted by atomic mass is 10.1. The number of rotatable bonds is 11. The molecule has 7 heteroatoms. The lowest BCUT2D eigenvalue weighted by Gasteiger charge is -2.26. The van der Waals surface area contributed by atoms with E-state index in [2.05, 4.69) is 46.7 Å². The number of benzene rings is 2. The van der Waals surface area contributed by atoms with Crippen LogP contribution in [0, 0.1) is 0 Å². The van der Waals surface area contributed by atoms with Crippen LogP contribution >= 0.6 is 0 Å². The molecule has 1 aliphatic heterocycles. The molecule has 2 aromatic carbocycles. The van der Waals surface area contributed by atoms with E-state index in [4.69, 9.17) is 19.2 Å². The zero-order valence-electron chi connectivity index (χ0n) is 19.3. The molecule has 32 heavy (non-hydrogen) atoms. The molecule has 0 spiro atoms. The van der Waals surface area contributed by atoms with Gasteiger partial charge in [-0.25, -0.2) is 4.99 Å². The third-order valence-electron chi connectivity index (χ3n) is 5.16. The molecule has 0 radical (unpaired) electrons. The fourth-order valence-corrected chi connectivity index (χ4v) is 3.44. The van der Waals surface area contributed by atoms with E-state index in [9.17, 15) is 0 Å². The first-order chi connectivity index (χ1) is 15.8. The quantitative estimate of drug-likeness (QED) is 0.317. The van der Waals surface area contributed by atoms with Gasteiger partial charge in [-0.05, 0) is 30.2 Å². The fourth-order valence-electron chi connectivity index (χ4n) is 3.44. The Labute approximate surface area is 191 Å². The summed E-state index contributed by atoms with van der Waals surface area (Å²) in [6.07, 6.45) is 0.865. The van der Waals surface area contributed by atoms with Crippen LogP contribution in [0.5, 0.6) is 5.75 Å². The van der Waals surface area contributed by atoms with Crippen LogP contribution in [-0.4, -0.2) is 64.0 Å². The Morgan fingerprint density at radius 2 is 1.84 bits per heavy atom.